The van der Waals surface area contributed by atoms with Gasteiger partial charge >= 0.3 is 11.9 Å². The zero-order chi connectivity index (χ0) is 23.3. The van der Waals surface area contributed by atoms with Gasteiger partial charge in [-0.25, -0.2) is 0 Å². The summed E-state index contributed by atoms with van der Waals surface area (Å²) in [6.07, 6.45) is 1.46. The number of hydrogen-bond acceptors (Lipinski definition) is 6. The lowest BCUT2D eigenvalue weighted by atomic mass is 9.95. The van der Waals surface area contributed by atoms with Gasteiger partial charge in [0.05, 0.1) is 5.92 Å². The molecule has 0 fully saturated rings. The molecule has 0 heterocycles. The van der Waals surface area contributed by atoms with Gasteiger partial charge in [0.2, 0.25) is 0 Å². The molecule has 0 aliphatic carbocycles. The van der Waals surface area contributed by atoms with Gasteiger partial charge in [-0.2, -0.15) is 0 Å². The predicted molar refractivity (Wildman–Crippen MR) is 120 cm³/mol. The van der Waals surface area contributed by atoms with Crippen LogP contribution in [-0.4, -0.2) is 44.1 Å². The van der Waals surface area contributed by atoms with E-state index in [4.69, 9.17) is 19.6 Å². The molecule has 0 aromatic carbocycles. The van der Waals surface area contributed by atoms with Crippen LogP contribution in [0.4, 0.5) is 0 Å². The Bertz CT molecular complexity index is 541. The molecule has 2 atom stereocenters. The monoisotopic (exact) mass is 431 g/mol. The van der Waals surface area contributed by atoms with Crippen LogP contribution in [0, 0.1) is 5.92 Å². The minimum absolute atomic E-state index is 0.136. The lowest BCUT2D eigenvalue weighted by molar-refractivity contribution is -0.162. The van der Waals surface area contributed by atoms with E-state index < -0.39 is 37.4 Å². The first-order valence-electron chi connectivity index (χ1n) is 10.6. The van der Waals surface area contributed by atoms with Crippen molar-refractivity contribution in [2.75, 3.05) is 6.61 Å². The SMILES string of the molecule is CC(C)(C)OC(=O)[C@@H](CCCO[Si](C)(C)C(C)(C)C)C[C@H](N)C(=O)OC(C)(C)C. The van der Waals surface area contributed by atoms with Crippen molar-refractivity contribution in [3.63, 3.8) is 0 Å². The van der Waals surface area contributed by atoms with E-state index in [1.165, 1.54) is 0 Å². The minimum Gasteiger partial charge on any atom is -0.460 e. The number of carbonyl (C=O) groups excluding carboxylic acids is 2. The van der Waals surface area contributed by atoms with E-state index in [1.807, 2.05) is 20.8 Å². The van der Waals surface area contributed by atoms with Crippen LogP contribution in [0.15, 0.2) is 0 Å². The van der Waals surface area contributed by atoms with Gasteiger partial charge in [0.15, 0.2) is 8.32 Å². The van der Waals surface area contributed by atoms with E-state index in [2.05, 4.69) is 33.9 Å². The maximum absolute atomic E-state index is 12.7. The summed E-state index contributed by atoms with van der Waals surface area (Å²) in [6.45, 7) is 22.4. The zero-order valence-corrected chi connectivity index (χ0v) is 21.6. The number of rotatable bonds is 9. The molecule has 0 unspecified atom stereocenters. The van der Waals surface area contributed by atoms with Gasteiger partial charge in [-0.1, -0.05) is 20.8 Å². The number of nitrogens with two attached hydrogens (primary N) is 1. The molecule has 7 heteroatoms. The summed E-state index contributed by atoms with van der Waals surface area (Å²) in [5.74, 6) is -1.30. The molecule has 0 amide bonds. The highest BCUT2D eigenvalue weighted by atomic mass is 28.4. The first-order chi connectivity index (χ1) is 12.8. The third-order valence-corrected chi connectivity index (χ3v) is 9.49. The molecule has 0 saturated heterocycles. The molecule has 0 aliphatic heterocycles. The number of hydrogen-bond donors (Lipinski definition) is 1. The first-order valence-corrected chi connectivity index (χ1v) is 13.5. The van der Waals surface area contributed by atoms with E-state index >= 15 is 0 Å². The highest BCUT2D eigenvalue weighted by Crippen LogP contribution is 2.36. The maximum atomic E-state index is 12.7. The van der Waals surface area contributed by atoms with Crippen LogP contribution in [0.2, 0.25) is 18.1 Å². The fourth-order valence-corrected chi connectivity index (χ4v) is 3.46. The fourth-order valence-electron chi connectivity index (χ4n) is 2.37. The molecule has 0 saturated carbocycles. The molecule has 2 N–H and O–H groups in total. The molecule has 0 radical (unpaired) electrons. The van der Waals surface area contributed by atoms with Crippen molar-refractivity contribution in [2.45, 2.75) is 117 Å². The average molecular weight is 432 g/mol. The summed E-state index contributed by atoms with van der Waals surface area (Å²) in [4.78, 5) is 24.9. The Labute approximate surface area is 179 Å². The molecule has 0 bridgehead atoms. The Morgan fingerprint density at radius 3 is 1.72 bits per heavy atom. The first kappa shape index (κ1) is 28.1. The van der Waals surface area contributed by atoms with E-state index in [0.29, 0.717) is 19.4 Å². The minimum atomic E-state index is -1.83. The Hall–Kier alpha value is -0.923. The normalized spacial score (nSPS) is 15.6. The summed E-state index contributed by atoms with van der Waals surface area (Å²) in [7, 11) is -1.83. The highest BCUT2D eigenvalue weighted by molar-refractivity contribution is 6.74. The standard InChI is InChI=1S/C22H45NO5Si/c1-20(2,3)27-18(24)16(15-17(23)19(25)28-21(4,5)6)13-12-14-26-29(10,11)22(7,8)9/h16-17H,12-15,23H2,1-11H3/t16-,17-/m0/s1. The van der Waals surface area contributed by atoms with Crippen molar-refractivity contribution in [1.29, 1.82) is 0 Å². The second-order valence-electron chi connectivity index (χ2n) is 11.4. The molecule has 0 rings (SSSR count). The molecule has 172 valence electrons. The van der Waals surface area contributed by atoms with Crippen LogP contribution >= 0.6 is 0 Å². The predicted octanol–water partition coefficient (Wildman–Crippen LogP) is 4.81. The van der Waals surface area contributed by atoms with Gasteiger partial charge in [-0.15, -0.1) is 0 Å². The third-order valence-electron chi connectivity index (χ3n) is 4.95. The fraction of sp³-hybridized carbons (Fsp3) is 0.909. The molecule has 0 aromatic heterocycles. The molecule has 29 heavy (non-hydrogen) atoms. The molecular weight excluding hydrogens is 386 g/mol. The van der Waals surface area contributed by atoms with Crippen molar-refractivity contribution in [1.82, 2.24) is 0 Å². The summed E-state index contributed by atoms with van der Waals surface area (Å²) >= 11 is 0. The van der Waals surface area contributed by atoms with Crippen LogP contribution < -0.4 is 5.73 Å². The maximum Gasteiger partial charge on any atom is 0.323 e. The van der Waals surface area contributed by atoms with Gasteiger partial charge < -0.3 is 19.6 Å². The van der Waals surface area contributed by atoms with Crippen molar-refractivity contribution in [2.24, 2.45) is 11.7 Å². The van der Waals surface area contributed by atoms with Crippen molar-refractivity contribution in [3.05, 3.63) is 0 Å². The van der Waals surface area contributed by atoms with E-state index in [-0.39, 0.29) is 17.4 Å². The lowest BCUT2D eigenvalue weighted by Gasteiger charge is -2.36. The average Bonchev–Trinajstić information content (AvgIpc) is 2.45. The molecular formula is C22H45NO5Si. The Morgan fingerprint density at radius 2 is 1.31 bits per heavy atom. The Morgan fingerprint density at radius 1 is 0.862 bits per heavy atom. The van der Waals surface area contributed by atoms with Gasteiger partial charge in [-0.05, 0) is 78.9 Å². The lowest BCUT2D eigenvalue weighted by Crippen LogP contribution is -2.41. The van der Waals surface area contributed by atoms with Gasteiger partial charge in [0.1, 0.15) is 17.2 Å². The van der Waals surface area contributed by atoms with Crippen molar-refractivity contribution in [3.8, 4) is 0 Å². The van der Waals surface area contributed by atoms with Crippen LogP contribution in [0.1, 0.15) is 81.6 Å². The van der Waals surface area contributed by atoms with Crippen LogP contribution in [-0.2, 0) is 23.5 Å². The Balaban J connectivity index is 4.99. The topological polar surface area (TPSA) is 87.9 Å². The smallest absolute Gasteiger partial charge is 0.323 e. The quantitative estimate of drug-likeness (QED) is 0.320. The third kappa shape index (κ3) is 11.7. The number of carbonyl (C=O) groups is 2. The molecule has 0 aliphatic rings. The van der Waals surface area contributed by atoms with Gasteiger partial charge in [0.25, 0.3) is 0 Å². The summed E-state index contributed by atoms with van der Waals surface area (Å²) in [5, 5.41) is 0.136. The highest BCUT2D eigenvalue weighted by Gasteiger charge is 2.37. The number of esters is 2. The second-order valence-corrected chi connectivity index (χ2v) is 16.2. The Kier molecular flexibility index (Phi) is 10.1. The molecule has 0 aromatic rings. The largest absolute Gasteiger partial charge is 0.460 e. The van der Waals surface area contributed by atoms with Crippen LogP contribution in [0.5, 0.6) is 0 Å². The van der Waals surface area contributed by atoms with Crippen LogP contribution in [0.25, 0.3) is 0 Å². The van der Waals surface area contributed by atoms with E-state index in [1.54, 1.807) is 20.8 Å². The van der Waals surface area contributed by atoms with Gasteiger partial charge in [0, 0.05) is 6.61 Å². The molecule has 0 spiro atoms. The van der Waals surface area contributed by atoms with Crippen LogP contribution in [0.3, 0.4) is 0 Å². The van der Waals surface area contributed by atoms with E-state index in [9.17, 15) is 9.59 Å². The van der Waals surface area contributed by atoms with E-state index in [0.717, 1.165) is 0 Å². The summed E-state index contributed by atoms with van der Waals surface area (Å²) < 4.78 is 17.1. The second kappa shape index (κ2) is 10.4. The van der Waals surface area contributed by atoms with Crippen molar-refractivity contribution < 1.29 is 23.5 Å². The summed E-state index contributed by atoms with van der Waals surface area (Å²) in [5.41, 5.74) is 4.84. The zero-order valence-electron chi connectivity index (χ0n) is 20.6. The van der Waals surface area contributed by atoms with Gasteiger partial charge in [-0.3, -0.25) is 9.59 Å². The molecule has 6 nitrogen and oxygen atoms in total. The van der Waals surface area contributed by atoms with Crippen molar-refractivity contribution >= 4 is 20.3 Å². The summed E-state index contributed by atoms with van der Waals surface area (Å²) in [6, 6.07) is -0.868. The number of ether oxygens (including phenoxy) is 2.